The number of thioether (sulfide) groups is 1. The predicted octanol–water partition coefficient (Wildman–Crippen LogP) is 3.18. The molecule has 0 aliphatic carbocycles. The Morgan fingerprint density at radius 1 is 1.19 bits per heavy atom. The molecule has 2 aromatic heterocycles. The average molecular weight is 381 g/mol. The van der Waals surface area contributed by atoms with Gasteiger partial charge in [-0.1, -0.05) is 12.1 Å². The molecule has 0 radical (unpaired) electrons. The monoisotopic (exact) mass is 381 g/mol. The van der Waals surface area contributed by atoms with Crippen LogP contribution in [-0.2, 0) is 4.79 Å². The van der Waals surface area contributed by atoms with Crippen molar-refractivity contribution in [3.63, 3.8) is 0 Å². The summed E-state index contributed by atoms with van der Waals surface area (Å²) in [6.07, 6.45) is 2.44. The first-order chi connectivity index (χ1) is 13.1. The van der Waals surface area contributed by atoms with E-state index in [9.17, 15) is 4.79 Å². The number of aryl methyl sites for hydroxylation is 1. The average Bonchev–Trinajstić information content (AvgIpc) is 3.04. The van der Waals surface area contributed by atoms with Crippen molar-refractivity contribution in [2.24, 2.45) is 0 Å². The number of hydrogen-bond acceptors (Lipinski definition) is 6. The van der Waals surface area contributed by atoms with Crippen molar-refractivity contribution in [2.75, 3.05) is 18.7 Å². The van der Waals surface area contributed by atoms with Crippen molar-refractivity contribution in [3.05, 3.63) is 53.2 Å². The maximum absolute atomic E-state index is 12.4. The Kier molecular flexibility index (Phi) is 4.57. The van der Waals surface area contributed by atoms with Crippen molar-refractivity contribution in [1.29, 1.82) is 0 Å². The Labute approximate surface area is 161 Å². The molecule has 27 heavy (non-hydrogen) atoms. The van der Waals surface area contributed by atoms with Gasteiger partial charge in [-0.05, 0) is 36.9 Å². The zero-order valence-electron chi connectivity index (χ0n) is 15.3. The van der Waals surface area contributed by atoms with Crippen LogP contribution in [0.5, 0.6) is 5.88 Å². The van der Waals surface area contributed by atoms with Gasteiger partial charge in [0.15, 0.2) is 5.82 Å². The molecule has 8 heteroatoms. The van der Waals surface area contributed by atoms with E-state index in [0.717, 1.165) is 16.8 Å². The summed E-state index contributed by atoms with van der Waals surface area (Å²) >= 11 is 1.70. The van der Waals surface area contributed by atoms with Crippen LogP contribution in [0, 0.1) is 6.92 Å². The highest BCUT2D eigenvalue weighted by Gasteiger charge is 2.32. The molecule has 138 valence electrons. The number of benzene rings is 1. The lowest BCUT2D eigenvalue weighted by molar-refractivity contribution is -0.116. The third-order valence-electron chi connectivity index (χ3n) is 4.67. The molecule has 0 spiro atoms. The minimum absolute atomic E-state index is 0.0374. The number of fused-ring (bicyclic) bond motifs is 1. The van der Waals surface area contributed by atoms with Crippen molar-refractivity contribution < 1.29 is 9.53 Å². The molecule has 0 bridgehead atoms. The van der Waals surface area contributed by atoms with E-state index in [1.165, 1.54) is 12.0 Å². The van der Waals surface area contributed by atoms with Gasteiger partial charge in [-0.2, -0.15) is 9.78 Å². The van der Waals surface area contributed by atoms with Gasteiger partial charge in [0.25, 0.3) is 0 Å². The Morgan fingerprint density at radius 2 is 1.96 bits per heavy atom. The largest absolute Gasteiger partial charge is 0.480 e. The Morgan fingerprint density at radius 3 is 2.59 bits per heavy atom. The van der Waals surface area contributed by atoms with Gasteiger partial charge in [0.1, 0.15) is 5.82 Å². The molecular formula is C19H19N5O2S. The number of carbonyl (C=O) groups is 1. The first kappa shape index (κ1) is 17.5. The number of aromatic nitrogens is 4. The van der Waals surface area contributed by atoms with Crippen LogP contribution in [0.4, 0.5) is 5.82 Å². The van der Waals surface area contributed by atoms with Crippen LogP contribution in [0.3, 0.4) is 0 Å². The smallest absolute Gasteiger partial charge is 0.233 e. The number of nitrogens with one attached hydrogen (secondary N) is 1. The molecule has 1 aliphatic heterocycles. The molecule has 0 unspecified atom stereocenters. The number of anilines is 1. The number of nitrogens with zero attached hydrogens (tertiary/aromatic N) is 4. The molecule has 1 N–H and O–H groups in total. The first-order valence-electron chi connectivity index (χ1n) is 8.52. The minimum Gasteiger partial charge on any atom is -0.480 e. The maximum atomic E-state index is 12.4. The zero-order chi connectivity index (χ0) is 19.0. The Bertz CT molecular complexity index is 983. The highest BCUT2D eigenvalue weighted by atomic mass is 32.2. The van der Waals surface area contributed by atoms with Crippen LogP contribution in [0.15, 0.2) is 41.3 Å². The number of ether oxygens (including phenoxy) is 1. The predicted molar refractivity (Wildman–Crippen MR) is 104 cm³/mol. The fraction of sp³-hybridized carbons (Fsp3) is 0.263. The molecule has 1 atom stereocenters. The van der Waals surface area contributed by atoms with E-state index in [0.29, 0.717) is 23.9 Å². The molecule has 3 heterocycles. The van der Waals surface area contributed by atoms with E-state index in [-0.39, 0.29) is 11.8 Å². The van der Waals surface area contributed by atoms with E-state index < -0.39 is 0 Å². The lowest BCUT2D eigenvalue weighted by Gasteiger charge is -2.24. The van der Waals surface area contributed by atoms with Gasteiger partial charge in [-0.25, -0.2) is 0 Å². The second-order valence-electron chi connectivity index (χ2n) is 6.27. The van der Waals surface area contributed by atoms with Crippen LogP contribution >= 0.6 is 11.8 Å². The molecule has 0 saturated heterocycles. The summed E-state index contributed by atoms with van der Waals surface area (Å²) in [4.78, 5) is 13.6. The molecule has 3 aromatic rings. The van der Waals surface area contributed by atoms with Gasteiger partial charge in [-0.3, -0.25) is 4.79 Å². The van der Waals surface area contributed by atoms with Crippen LogP contribution in [0.1, 0.15) is 29.2 Å². The van der Waals surface area contributed by atoms with E-state index in [1.54, 1.807) is 28.6 Å². The van der Waals surface area contributed by atoms with E-state index in [4.69, 9.17) is 4.74 Å². The summed E-state index contributed by atoms with van der Waals surface area (Å²) in [6.45, 7) is 1.95. The van der Waals surface area contributed by atoms with Gasteiger partial charge < -0.3 is 10.1 Å². The first-order valence-corrected chi connectivity index (χ1v) is 9.74. The summed E-state index contributed by atoms with van der Waals surface area (Å²) < 4.78 is 6.70. The standard InChI is InChI=1S/C19H19N5O2S/c1-11-18-14(12-4-6-13(27-3)7-5-12)10-16(25)20-19(18)24(23-11)15-8-9-17(26-2)22-21-15/h4-9,14H,10H2,1-3H3,(H,20,25)/t14-/m1/s1. The van der Waals surface area contributed by atoms with Crippen LogP contribution in [0.2, 0.25) is 0 Å². The fourth-order valence-corrected chi connectivity index (χ4v) is 3.78. The Balaban J connectivity index is 1.79. The van der Waals surface area contributed by atoms with Gasteiger partial charge in [-0.15, -0.1) is 22.0 Å². The Hall–Kier alpha value is -2.87. The SMILES string of the molecule is COc1ccc(-n2nc(C)c3c2NC(=O)C[C@@H]3c2ccc(SC)cc2)nn1. The molecule has 0 saturated carbocycles. The molecule has 0 fully saturated rings. The second-order valence-corrected chi connectivity index (χ2v) is 7.15. The van der Waals surface area contributed by atoms with E-state index in [1.807, 2.05) is 13.2 Å². The number of amides is 1. The lowest BCUT2D eigenvalue weighted by atomic mass is 9.86. The number of carbonyl (C=O) groups excluding carboxylic acids is 1. The van der Waals surface area contributed by atoms with Gasteiger partial charge in [0.05, 0.1) is 12.8 Å². The summed E-state index contributed by atoms with van der Waals surface area (Å²) in [5, 5.41) is 15.7. The van der Waals surface area contributed by atoms with Crippen LogP contribution < -0.4 is 10.1 Å². The number of rotatable bonds is 4. The molecule has 7 nitrogen and oxygen atoms in total. The van der Waals surface area contributed by atoms with Gasteiger partial charge >= 0.3 is 0 Å². The number of hydrogen-bond donors (Lipinski definition) is 1. The highest BCUT2D eigenvalue weighted by molar-refractivity contribution is 7.98. The van der Waals surface area contributed by atoms with Gasteiger partial charge in [0.2, 0.25) is 11.8 Å². The molecular weight excluding hydrogens is 362 g/mol. The van der Waals surface area contributed by atoms with Gasteiger partial charge in [0, 0.05) is 28.9 Å². The molecule has 1 aromatic carbocycles. The summed E-state index contributed by atoms with van der Waals surface area (Å²) in [5.74, 6) is 1.53. The molecule has 4 rings (SSSR count). The third kappa shape index (κ3) is 3.16. The normalized spacial score (nSPS) is 16.0. The van der Waals surface area contributed by atoms with Crippen LogP contribution in [-0.4, -0.2) is 39.3 Å². The van der Waals surface area contributed by atoms with Crippen LogP contribution in [0.25, 0.3) is 5.82 Å². The van der Waals surface area contributed by atoms with Crippen molar-refractivity contribution >= 4 is 23.5 Å². The highest BCUT2D eigenvalue weighted by Crippen LogP contribution is 2.40. The summed E-state index contributed by atoms with van der Waals surface area (Å²) in [5.41, 5.74) is 2.98. The van der Waals surface area contributed by atoms with Crippen molar-refractivity contribution in [1.82, 2.24) is 20.0 Å². The van der Waals surface area contributed by atoms with Crippen molar-refractivity contribution in [2.45, 2.75) is 24.2 Å². The van der Waals surface area contributed by atoms with Crippen molar-refractivity contribution in [3.8, 4) is 11.7 Å². The van der Waals surface area contributed by atoms with E-state index >= 15 is 0 Å². The summed E-state index contributed by atoms with van der Waals surface area (Å²) in [7, 11) is 1.54. The molecule has 1 aliphatic rings. The fourth-order valence-electron chi connectivity index (χ4n) is 3.37. The lowest BCUT2D eigenvalue weighted by Crippen LogP contribution is -2.25. The molecule has 1 amide bonds. The third-order valence-corrected chi connectivity index (χ3v) is 5.42. The zero-order valence-corrected chi connectivity index (χ0v) is 16.1. The quantitative estimate of drug-likeness (QED) is 0.699. The second kappa shape index (κ2) is 7.03. The number of methoxy groups -OCH3 is 1. The summed E-state index contributed by atoms with van der Waals surface area (Å²) in [6, 6.07) is 11.8. The van der Waals surface area contributed by atoms with E-state index in [2.05, 4.69) is 44.9 Å². The topological polar surface area (TPSA) is 81.9 Å². The minimum atomic E-state index is -0.0379. The maximum Gasteiger partial charge on any atom is 0.233 e.